The number of pyridine rings is 1. The predicted molar refractivity (Wildman–Crippen MR) is 106 cm³/mol. The van der Waals surface area contributed by atoms with Crippen molar-refractivity contribution < 1.29 is 13.9 Å². The maximum atomic E-state index is 13.8. The first-order chi connectivity index (χ1) is 13.6. The second-order valence-corrected chi connectivity index (χ2v) is 6.50. The van der Waals surface area contributed by atoms with Gasteiger partial charge in [-0.1, -0.05) is 29.8 Å². The number of carbonyl (C=O) groups is 1. The molecule has 0 amide bonds. The van der Waals surface area contributed by atoms with Crippen LogP contribution in [0.3, 0.4) is 0 Å². The highest BCUT2D eigenvalue weighted by Gasteiger charge is 2.13. The molecule has 4 rings (SSSR count). The van der Waals surface area contributed by atoms with E-state index >= 15 is 0 Å². The molecule has 4 aromatic rings. The highest BCUT2D eigenvalue weighted by Crippen LogP contribution is 2.29. The van der Waals surface area contributed by atoms with Gasteiger partial charge >= 0.3 is 5.97 Å². The van der Waals surface area contributed by atoms with E-state index in [4.69, 9.17) is 16.3 Å². The molecule has 5 nitrogen and oxygen atoms in total. The Kier molecular flexibility index (Phi) is 4.79. The van der Waals surface area contributed by atoms with Crippen molar-refractivity contribution in [2.75, 3.05) is 6.61 Å². The zero-order valence-electron chi connectivity index (χ0n) is 14.9. The van der Waals surface area contributed by atoms with Crippen LogP contribution in [-0.4, -0.2) is 27.8 Å². The quantitative estimate of drug-likeness (QED) is 0.478. The van der Waals surface area contributed by atoms with E-state index in [1.807, 2.05) is 24.3 Å². The number of nitrogens with one attached hydrogen (secondary N) is 1. The fraction of sp³-hybridized carbons (Fsp3) is 0.0952. The van der Waals surface area contributed by atoms with Gasteiger partial charge in [-0.3, -0.25) is 5.10 Å². The van der Waals surface area contributed by atoms with Gasteiger partial charge in [0, 0.05) is 16.5 Å². The second kappa shape index (κ2) is 7.40. The van der Waals surface area contributed by atoms with Gasteiger partial charge in [-0.25, -0.2) is 14.2 Å². The third-order valence-corrected chi connectivity index (χ3v) is 4.62. The standard InChI is InChI=1S/C21H15ClFN3O2/c1-2-28-21(27)13-5-3-12(4-6-13)18-10-8-15-19(25-26-20(15)24-18)14-7-9-16(22)17(23)11-14/h3-11H,2H2,1H3,(H,24,25,26). The lowest BCUT2D eigenvalue weighted by atomic mass is 10.1. The fourth-order valence-corrected chi connectivity index (χ4v) is 3.04. The molecule has 28 heavy (non-hydrogen) atoms. The van der Waals surface area contributed by atoms with Gasteiger partial charge in [0.05, 0.1) is 22.9 Å². The molecule has 0 fully saturated rings. The Labute approximate surface area is 165 Å². The number of rotatable bonds is 4. The van der Waals surface area contributed by atoms with Crippen molar-refractivity contribution in [2.45, 2.75) is 6.92 Å². The van der Waals surface area contributed by atoms with Crippen LogP contribution < -0.4 is 0 Å². The molecule has 0 atom stereocenters. The summed E-state index contributed by atoms with van der Waals surface area (Å²) in [5, 5.41) is 7.99. The van der Waals surface area contributed by atoms with Crippen molar-refractivity contribution in [1.29, 1.82) is 0 Å². The maximum absolute atomic E-state index is 13.8. The van der Waals surface area contributed by atoms with E-state index in [1.165, 1.54) is 12.1 Å². The summed E-state index contributed by atoms with van der Waals surface area (Å²) in [7, 11) is 0. The Morgan fingerprint density at radius 2 is 1.86 bits per heavy atom. The zero-order chi connectivity index (χ0) is 19.7. The van der Waals surface area contributed by atoms with Crippen molar-refractivity contribution in [3.63, 3.8) is 0 Å². The summed E-state index contributed by atoms with van der Waals surface area (Å²) in [6, 6.07) is 15.3. The van der Waals surface area contributed by atoms with Crippen LogP contribution in [0.1, 0.15) is 17.3 Å². The highest BCUT2D eigenvalue weighted by atomic mass is 35.5. The van der Waals surface area contributed by atoms with Crippen LogP contribution in [0.2, 0.25) is 5.02 Å². The van der Waals surface area contributed by atoms with Crippen LogP contribution in [0.25, 0.3) is 33.5 Å². The van der Waals surface area contributed by atoms with Gasteiger partial charge < -0.3 is 4.74 Å². The van der Waals surface area contributed by atoms with Gasteiger partial charge in [0.15, 0.2) is 5.65 Å². The number of halogens is 2. The Morgan fingerprint density at radius 1 is 1.11 bits per heavy atom. The first-order valence-electron chi connectivity index (χ1n) is 8.65. The van der Waals surface area contributed by atoms with Crippen LogP contribution in [-0.2, 0) is 4.74 Å². The fourth-order valence-electron chi connectivity index (χ4n) is 2.92. The average Bonchev–Trinajstić information content (AvgIpc) is 3.13. The molecule has 2 aromatic heterocycles. The van der Waals surface area contributed by atoms with E-state index in [0.717, 1.165) is 16.6 Å². The van der Waals surface area contributed by atoms with Crippen molar-refractivity contribution in [3.05, 3.63) is 71.0 Å². The van der Waals surface area contributed by atoms with Crippen molar-refractivity contribution in [2.24, 2.45) is 0 Å². The average molecular weight is 396 g/mol. The SMILES string of the molecule is CCOC(=O)c1ccc(-c2ccc3c(-c4ccc(Cl)c(F)c4)n[nH]c3n2)cc1. The predicted octanol–water partition coefficient (Wildman–Crippen LogP) is 5.26. The smallest absolute Gasteiger partial charge is 0.338 e. The molecular weight excluding hydrogens is 381 g/mol. The van der Waals surface area contributed by atoms with Gasteiger partial charge in [-0.15, -0.1) is 0 Å². The topological polar surface area (TPSA) is 67.9 Å². The third kappa shape index (κ3) is 3.34. The molecular formula is C21H15ClFN3O2. The first-order valence-corrected chi connectivity index (χ1v) is 9.02. The molecule has 1 N–H and O–H groups in total. The Hall–Kier alpha value is -3.25. The summed E-state index contributed by atoms with van der Waals surface area (Å²) >= 11 is 5.75. The largest absolute Gasteiger partial charge is 0.462 e. The lowest BCUT2D eigenvalue weighted by molar-refractivity contribution is 0.0526. The molecule has 0 saturated carbocycles. The van der Waals surface area contributed by atoms with Crippen LogP contribution in [0, 0.1) is 5.82 Å². The number of esters is 1. The maximum Gasteiger partial charge on any atom is 0.338 e. The molecule has 0 aliphatic carbocycles. The number of hydrogen-bond donors (Lipinski definition) is 1. The summed E-state index contributed by atoms with van der Waals surface area (Å²) in [4.78, 5) is 16.4. The van der Waals surface area contributed by atoms with Crippen LogP contribution in [0.15, 0.2) is 54.6 Å². The van der Waals surface area contributed by atoms with E-state index in [1.54, 1.807) is 25.1 Å². The summed E-state index contributed by atoms with van der Waals surface area (Å²) in [6.07, 6.45) is 0. The Bertz CT molecular complexity index is 1170. The van der Waals surface area contributed by atoms with E-state index < -0.39 is 5.82 Å². The minimum absolute atomic E-state index is 0.0651. The van der Waals surface area contributed by atoms with E-state index in [2.05, 4.69) is 15.2 Å². The number of benzene rings is 2. The molecule has 0 aliphatic heterocycles. The number of fused-ring (bicyclic) bond motifs is 1. The van der Waals surface area contributed by atoms with E-state index in [0.29, 0.717) is 29.1 Å². The Balaban J connectivity index is 1.67. The summed E-state index contributed by atoms with van der Waals surface area (Å²) < 4.78 is 18.8. The van der Waals surface area contributed by atoms with Crippen LogP contribution in [0.5, 0.6) is 0 Å². The third-order valence-electron chi connectivity index (χ3n) is 4.31. The summed E-state index contributed by atoms with van der Waals surface area (Å²) in [5.41, 5.74) is 3.85. The normalized spacial score (nSPS) is 11.0. The van der Waals surface area contributed by atoms with Gasteiger partial charge in [-0.05, 0) is 43.3 Å². The molecule has 2 aromatic carbocycles. The van der Waals surface area contributed by atoms with Crippen LogP contribution in [0.4, 0.5) is 4.39 Å². The number of aromatic nitrogens is 3. The van der Waals surface area contributed by atoms with Crippen molar-refractivity contribution >= 4 is 28.6 Å². The zero-order valence-corrected chi connectivity index (χ0v) is 15.6. The van der Waals surface area contributed by atoms with Crippen LogP contribution >= 0.6 is 11.6 Å². The molecule has 7 heteroatoms. The van der Waals surface area contributed by atoms with E-state index in [-0.39, 0.29) is 11.0 Å². The minimum Gasteiger partial charge on any atom is -0.462 e. The van der Waals surface area contributed by atoms with Gasteiger partial charge in [0.25, 0.3) is 0 Å². The van der Waals surface area contributed by atoms with E-state index in [9.17, 15) is 9.18 Å². The number of H-pyrrole nitrogens is 1. The summed E-state index contributed by atoms with van der Waals surface area (Å²) in [6.45, 7) is 2.10. The number of nitrogens with zero attached hydrogens (tertiary/aromatic N) is 2. The van der Waals surface area contributed by atoms with Gasteiger partial charge in [0.1, 0.15) is 11.5 Å². The molecule has 0 saturated heterocycles. The highest BCUT2D eigenvalue weighted by molar-refractivity contribution is 6.30. The van der Waals surface area contributed by atoms with Gasteiger partial charge in [0.2, 0.25) is 0 Å². The monoisotopic (exact) mass is 395 g/mol. The van der Waals surface area contributed by atoms with Crippen molar-refractivity contribution in [3.8, 4) is 22.5 Å². The molecule has 0 unspecified atom stereocenters. The summed E-state index contributed by atoms with van der Waals surface area (Å²) in [5.74, 6) is -0.854. The molecule has 140 valence electrons. The first kappa shape index (κ1) is 18.1. The van der Waals surface area contributed by atoms with Gasteiger partial charge in [-0.2, -0.15) is 5.10 Å². The Morgan fingerprint density at radius 3 is 2.57 bits per heavy atom. The number of ether oxygens (including phenoxy) is 1. The molecule has 2 heterocycles. The lowest BCUT2D eigenvalue weighted by Gasteiger charge is -2.04. The molecule has 0 aliphatic rings. The number of hydrogen-bond acceptors (Lipinski definition) is 4. The van der Waals surface area contributed by atoms with Crippen molar-refractivity contribution in [1.82, 2.24) is 15.2 Å². The minimum atomic E-state index is -0.499. The molecule has 0 radical (unpaired) electrons. The number of aromatic amines is 1. The number of carbonyl (C=O) groups excluding carboxylic acids is 1. The lowest BCUT2D eigenvalue weighted by Crippen LogP contribution is -2.04. The molecule has 0 bridgehead atoms. The molecule has 0 spiro atoms. The second-order valence-electron chi connectivity index (χ2n) is 6.09.